The van der Waals surface area contributed by atoms with Gasteiger partial charge in [-0.3, -0.25) is 4.79 Å². The first-order valence-corrected chi connectivity index (χ1v) is 7.63. The fraction of sp³-hybridized carbons (Fsp3) is 0.688. The second kappa shape index (κ2) is 6.78. The van der Waals surface area contributed by atoms with E-state index in [0.29, 0.717) is 0 Å². The van der Waals surface area contributed by atoms with Crippen molar-refractivity contribution < 1.29 is 0 Å². The van der Waals surface area contributed by atoms with Gasteiger partial charge in [-0.05, 0) is 37.2 Å². The Hall–Kier alpha value is -1.25. The number of hydrogen-bond donors (Lipinski definition) is 1. The van der Waals surface area contributed by atoms with Gasteiger partial charge < -0.3 is 9.88 Å². The lowest BCUT2D eigenvalue weighted by molar-refractivity contribution is 0.293. The third-order valence-electron chi connectivity index (χ3n) is 4.09. The van der Waals surface area contributed by atoms with Crippen LogP contribution in [0.3, 0.4) is 0 Å². The van der Waals surface area contributed by atoms with Crippen molar-refractivity contribution >= 4 is 5.69 Å². The first-order valence-electron chi connectivity index (χ1n) is 7.63. The Morgan fingerprint density at radius 3 is 2.95 bits per heavy atom. The maximum absolute atomic E-state index is 11.6. The number of rotatable bonds is 5. The van der Waals surface area contributed by atoms with Gasteiger partial charge in [-0.15, -0.1) is 0 Å². The van der Waals surface area contributed by atoms with Crippen molar-refractivity contribution in [2.24, 2.45) is 11.8 Å². The van der Waals surface area contributed by atoms with Crippen LogP contribution in [-0.4, -0.2) is 11.1 Å². The molecule has 1 heterocycles. The molecule has 1 aliphatic carbocycles. The van der Waals surface area contributed by atoms with E-state index in [9.17, 15) is 4.79 Å². The van der Waals surface area contributed by atoms with Crippen LogP contribution in [0.5, 0.6) is 0 Å². The molecule has 0 bridgehead atoms. The number of anilines is 1. The van der Waals surface area contributed by atoms with Crippen molar-refractivity contribution in [3.8, 4) is 0 Å². The lowest BCUT2D eigenvalue weighted by Gasteiger charge is -2.27. The Labute approximate surface area is 116 Å². The van der Waals surface area contributed by atoms with Gasteiger partial charge in [-0.25, -0.2) is 0 Å². The van der Waals surface area contributed by atoms with Gasteiger partial charge in [0.2, 0.25) is 0 Å². The maximum Gasteiger partial charge on any atom is 0.250 e. The molecule has 0 radical (unpaired) electrons. The molecule has 1 fully saturated rings. The normalized spacial score (nSPS) is 23.3. The minimum atomic E-state index is 0.0960. The third kappa shape index (κ3) is 4.12. The second-order valence-corrected chi connectivity index (χ2v) is 5.97. The Bertz CT molecular complexity index is 452. The molecule has 0 aliphatic heterocycles. The van der Waals surface area contributed by atoms with Crippen LogP contribution in [0.1, 0.15) is 46.0 Å². The van der Waals surface area contributed by atoms with Gasteiger partial charge >= 0.3 is 0 Å². The predicted octanol–water partition coefficient (Wildman–Crippen LogP) is 3.50. The van der Waals surface area contributed by atoms with E-state index in [2.05, 4.69) is 19.2 Å². The molecule has 2 unspecified atom stereocenters. The Kier molecular flexibility index (Phi) is 5.06. The van der Waals surface area contributed by atoms with Gasteiger partial charge in [0.05, 0.1) is 5.69 Å². The van der Waals surface area contributed by atoms with Gasteiger partial charge in [0.1, 0.15) is 0 Å². The second-order valence-electron chi connectivity index (χ2n) is 5.97. The highest BCUT2D eigenvalue weighted by molar-refractivity contribution is 5.40. The van der Waals surface area contributed by atoms with E-state index in [-0.39, 0.29) is 5.56 Å². The van der Waals surface area contributed by atoms with Crippen LogP contribution in [0.25, 0.3) is 0 Å². The zero-order chi connectivity index (χ0) is 13.7. The van der Waals surface area contributed by atoms with E-state index < -0.39 is 0 Å². The number of nitrogens with zero attached hydrogens (tertiary/aromatic N) is 1. The van der Waals surface area contributed by atoms with Crippen LogP contribution in [0, 0.1) is 11.8 Å². The summed E-state index contributed by atoms with van der Waals surface area (Å²) in [5, 5.41) is 3.50. The van der Waals surface area contributed by atoms with Gasteiger partial charge in [-0.2, -0.15) is 0 Å². The first-order chi connectivity index (χ1) is 9.19. The van der Waals surface area contributed by atoms with Crippen molar-refractivity contribution in [3.63, 3.8) is 0 Å². The van der Waals surface area contributed by atoms with E-state index in [0.717, 1.165) is 37.0 Å². The third-order valence-corrected chi connectivity index (χ3v) is 4.09. The minimum absolute atomic E-state index is 0.0960. The summed E-state index contributed by atoms with van der Waals surface area (Å²) in [5.74, 6) is 1.66. The summed E-state index contributed by atoms with van der Waals surface area (Å²) in [5.41, 5.74) is 1.17. The van der Waals surface area contributed by atoms with Crippen molar-refractivity contribution in [2.75, 3.05) is 11.9 Å². The topological polar surface area (TPSA) is 34.0 Å². The highest BCUT2D eigenvalue weighted by Crippen LogP contribution is 2.28. The van der Waals surface area contributed by atoms with Crippen LogP contribution in [0.2, 0.25) is 0 Å². The largest absolute Gasteiger partial charge is 0.384 e. The zero-order valence-corrected chi connectivity index (χ0v) is 12.2. The summed E-state index contributed by atoms with van der Waals surface area (Å²) >= 11 is 0. The van der Waals surface area contributed by atoms with Crippen LogP contribution < -0.4 is 10.9 Å². The van der Waals surface area contributed by atoms with E-state index in [1.165, 1.54) is 25.7 Å². The van der Waals surface area contributed by atoms with Gasteiger partial charge in [0.15, 0.2) is 0 Å². The molecule has 3 heteroatoms. The fourth-order valence-corrected chi connectivity index (χ4v) is 3.06. The average Bonchev–Trinajstić information content (AvgIpc) is 2.40. The molecule has 0 spiro atoms. The number of pyridine rings is 1. The summed E-state index contributed by atoms with van der Waals surface area (Å²) in [6, 6.07) is 3.57. The molecule has 3 nitrogen and oxygen atoms in total. The molecule has 0 aromatic carbocycles. The van der Waals surface area contributed by atoms with Gasteiger partial charge in [0, 0.05) is 25.4 Å². The summed E-state index contributed by atoms with van der Waals surface area (Å²) < 4.78 is 1.80. The van der Waals surface area contributed by atoms with E-state index >= 15 is 0 Å². The maximum atomic E-state index is 11.6. The molecule has 1 aromatic heterocycles. The summed E-state index contributed by atoms with van der Waals surface area (Å²) in [4.78, 5) is 11.6. The zero-order valence-electron chi connectivity index (χ0n) is 12.2. The standard InChI is InChI=1S/C16H26N2O/c1-3-9-18-12-15(7-8-16(18)19)17-11-14-6-4-5-13(2)10-14/h7-8,12-14,17H,3-6,9-11H2,1-2H3. The van der Waals surface area contributed by atoms with Gasteiger partial charge in [-0.1, -0.05) is 26.7 Å². The van der Waals surface area contributed by atoms with E-state index in [1.807, 2.05) is 12.3 Å². The molecule has 106 valence electrons. The predicted molar refractivity (Wildman–Crippen MR) is 80.6 cm³/mol. The Balaban J connectivity index is 1.92. The summed E-state index contributed by atoms with van der Waals surface area (Å²) in [6.07, 6.45) is 8.37. The number of nitrogens with one attached hydrogen (secondary N) is 1. The van der Waals surface area contributed by atoms with Crippen molar-refractivity contribution in [3.05, 3.63) is 28.7 Å². The average molecular weight is 262 g/mol. The smallest absolute Gasteiger partial charge is 0.250 e. The fourth-order valence-electron chi connectivity index (χ4n) is 3.06. The number of aryl methyl sites for hydroxylation is 1. The molecule has 1 aliphatic rings. The molecular weight excluding hydrogens is 236 g/mol. The summed E-state index contributed by atoms with van der Waals surface area (Å²) in [6.45, 7) is 6.28. The molecule has 1 saturated carbocycles. The van der Waals surface area contributed by atoms with Gasteiger partial charge in [0.25, 0.3) is 5.56 Å². The number of hydrogen-bond acceptors (Lipinski definition) is 2. The monoisotopic (exact) mass is 262 g/mol. The van der Waals surface area contributed by atoms with Crippen LogP contribution in [-0.2, 0) is 6.54 Å². The number of aromatic nitrogens is 1. The van der Waals surface area contributed by atoms with Crippen molar-refractivity contribution in [2.45, 2.75) is 52.5 Å². The lowest BCUT2D eigenvalue weighted by atomic mass is 9.82. The molecule has 0 amide bonds. The van der Waals surface area contributed by atoms with E-state index in [4.69, 9.17) is 0 Å². The highest BCUT2D eigenvalue weighted by Gasteiger charge is 2.18. The quantitative estimate of drug-likeness (QED) is 0.881. The SMILES string of the molecule is CCCn1cc(NCC2CCCC(C)C2)ccc1=O. The molecule has 1 aromatic rings. The molecule has 0 saturated heterocycles. The van der Waals surface area contributed by atoms with Crippen LogP contribution in [0.4, 0.5) is 5.69 Å². The Morgan fingerprint density at radius 1 is 1.37 bits per heavy atom. The van der Waals surface area contributed by atoms with Crippen LogP contribution in [0.15, 0.2) is 23.1 Å². The molecule has 1 N–H and O–H groups in total. The molecule has 2 atom stereocenters. The molecular formula is C16H26N2O. The van der Waals surface area contributed by atoms with Crippen LogP contribution >= 0.6 is 0 Å². The summed E-state index contributed by atoms with van der Waals surface area (Å²) in [7, 11) is 0. The van der Waals surface area contributed by atoms with E-state index in [1.54, 1.807) is 10.6 Å². The first kappa shape index (κ1) is 14.2. The molecule has 19 heavy (non-hydrogen) atoms. The lowest BCUT2D eigenvalue weighted by Crippen LogP contribution is -2.23. The van der Waals surface area contributed by atoms with Crippen molar-refractivity contribution in [1.82, 2.24) is 4.57 Å². The Morgan fingerprint density at radius 2 is 2.21 bits per heavy atom. The molecule has 2 rings (SSSR count). The highest BCUT2D eigenvalue weighted by atomic mass is 16.1. The minimum Gasteiger partial charge on any atom is -0.384 e. The van der Waals surface area contributed by atoms with Crippen molar-refractivity contribution in [1.29, 1.82) is 0 Å².